The summed E-state index contributed by atoms with van der Waals surface area (Å²) in [5, 5.41) is 2.84. The monoisotopic (exact) mass is 388 g/mol. The SMILES string of the molecule is CC(=O)N(CCC(=O)Nc1ccc(Br)cc1)Cc1ccc(C)cc1. The lowest BCUT2D eigenvalue weighted by Gasteiger charge is -2.21. The molecule has 0 atom stereocenters. The summed E-state index contributed by atoms with van der Waals surface area (Å²) in [5.41, 5.74) is 2.99. The predicted octanol–water partition coefficient (Wildman–Crippen LogP) is 4.13. The van der Waals surface area contributed by atoms with Gasteiger partial charge in [-0.2, -0.15) is 0 Å². The smallest absolute Gasteiger partial charge is 0.226 e. The van der Waals surface area contributed by atoms with Crippen LogP contribution in [0.5, 0.6) is 0 Å². The van der Waals surface area contributed by atoms with Gasteiger partial charge in [0.15, 0.2) is 0 Å². The van der Waals surface area contributed by atoms with Gasteiger partial charge in [-0.15, -0.1) is 0 Å². The molecule has 126 valence electrons. The second-order valence-electron chi connectivity index (χ2n) is 5.73. The number of amides is 2. The third-order valence-corrected chi connectivity index (χ3v) is 4.20. The minimum Gasteiger partial charge on any atom is -0.338 e. The average Bonchev–Trinajstić information content (AvgIpc) is 2.55. The molecule has 0 spiro atoms. The standard InChI is InChI=1S/C19H21BrN2O2/c1-14-3-5-16(6-4-14)13-22(15(2)23)12-11-19(24)21-18-9-7-17(20)8-10-18/h3-10H,11-13H2,1-2H3,(H,21,24). The van der Waals surface area contributed by atoms with Crippen molar-refractivity contribution >= 4 is 33.4 Å². The van der Waals surface area contributed by atoms with E-state index in [0.29, 0.717) is 13.1 Å². The molecule has 5 heteroatoms. The van der Waals surface area contributed by atoms with Gasteiger partial charge in [0.1, 0.15) is 0 Å². The van der Waals surface area contributed by atoms with Gasteiger partial charge < -0.3 is 10.2 Å². The number of rotatable bonds is 6. The molecule has 0 saturated carbocycles. The molecule has 2 aromatic carbocycles. The Balaban J connectivity index is 1.88. The van der Waals surface area contributed by atoms with Crippen LogP contribution in [0.25, 0.3) is 0 Å². The second-order valence-corrected chi connectivity index (χ2v) is 6.65. The maximum atomic E-state index is 12.1. The first kappa shape index (κ1) is 18.2. The predicted molar refractivity (Wildman–Crippen MR) is 99.7 cm³/mol. The number of carbonyl (C=O) groups is 2. The third-order valence-electron chi connectivity index (χ3n) is 3.68. The number of nitrogens with zero attached hydrogens (tertiary/aromatic N) is 1. The van der Waals surface area contributed by atoms with Crippen molar-refractivity contribution in [2.24, 2.45) is 0 Å². The Hall–Kier alpha value is -2.14. The highest BCUT2D eigenvalue weighted by Gasteiger charge is 2.12. The van der Waals surface area contributed by atoms with Gasteiger partial charge in [0.25, 0.3) is 0 Å². The minimum atomic E-state index is -0.104. The maximum Gasteiger partial charge on any atom is 0.226 e. The van der Waals surface area contributed by atoms with Crippen LogP contribution in [0.1, 0.15) is 24.5 Å². The Bertz CT molecular complexity index is 696. The number of benzene rings is 2. The van der Waals surface area contributed by atoms with Gasteiger partial charge in [0.05, 0.1) is 0 Å². The number of aryl methyl sites for hydroxylation is 1. The summed E-state index contributed by atoms with van der Waals surface area (Å²) in [6, 6.07) is 15.5. The summed E-state index contributed by atoms with van der Waals surface area (Å²) >= 11 is 3.36. The summed E-state index contributed by atoms with van der Waals surface area (Å²) in [4.78, 5) is 25.6. The van der Waals surface area contributed by atoms with Crippen LogP contribution in [0.4, 0.5) is 5.69 Å². The summed E-state index contributed by atoms with van der Waals surface area (Å²) in [6.07, 6.45) is 0.265. The first-order valence-corrected chi connectivity index (χ1v) is 8.60. The van der Waals surface area contributed by atoms with E-state index in [0.717, 1.165) is 15.7 Å². The average molecular weight is 389 g/mol. The molecule has 0 saturated heterocycles. The normalized spacial score (nSPS) is 10.3. The van der Waals surface area contributed by atoms with Gasteiger partial charge in [-0.25, -0.2) is 0 Å². The molecule has 2 rings (SSSR count). The lowest BCUT2D eigenvalue weighted by Crippen LogP contribution is -2.31. The van der Waals surface area contributed by atoms with E-state index in [1.54, 1.807) is 4.90 Å². The van der Waals surface area contributed by atoms with E-state index >= 15 is 0 Å². The summed E-state index contributed by atoms with van der Waals surface area (Å²) in [7, 11) is 0. The first-order valence-electron chi connectivity index (χ1n) is 7.80. The molecule has 2 aromatic rings. The molecule has 0 radical (unpaired) electrons. The number of halogens is 1. The van der Waals surface area contributed by atoms with Crippen molar-refractivity contribution in [3.05, 3.63) is 64.1 Å². The Morgan fingerprint density at radius 3 is 2.25 bits per heavy atom. The van der Waals surface area contributed by atoms with E-state index in [-0.39, 0.29) is 18.2 Å². The highest BCUT2D eigenvalue weighted by molar-refractivity contribution is 9.10. The number of carbonyl (C=O) groups excluding carboxylic acids is 2. The van der Waals surface area contributed by atoms with Crippen molar-refractivity contribution in [2.45, 2.75) is 26.8 Å². The fourth-order valence-electron chi connectivity index (χ4n) is 2.25. The van der Waals surface area contributed by atoms with Crippen molar-refractivity contribution in [2.75, 3.05) is 11.9 Å². The third kappa shape index (κ3) is 5.81. The minimum absolute atomic E-state index is 0.0352. The molecule has 0 fully saturated rings. The van der Waals surface area contributed by atoms with Gasteiger partial charge in [-0.3, -0.25) is 9.59 Å². The lowest BCUT2D eigenvalue weighted by atomic mass is 10.1. The summed E-state index contributed by atoms with van der Waals surface area (Å²) < 4.78 is 0.960. The van der Waals surface area contributed by atoms with Gasteiger partial charge in [0, 0.05) is 36.6 Å². The van der Waals surface area contributed by atoms with Gasteiger partial charge in [-0.1, -0.05) is 45.8 Å². The molecule has 0 heterocycles. The van der Waals surface area contributed by atoms with E-state index in [9.17, 15) is 9.59 Å². The molecule has 0 unspecified atom stereocenters. The van der Waals surface area contributed by atoms with Crippen LogP contribution in [0, 0.1) is 6.92 Å². The van der Waals surface area contributed by atoms with Crippen molar-refractivity contribution < 1.29 is 9.59 Å². The molecular formula is C19H21BrN2O2. The number of hydrogen-bond donors (Lipinski definition) is 1. The number of nitrogens with one attached hydrogen (secondary N) is 1. The molecule has 0 bridgehead atoms. The molecule has 2 amide bonds. The molecule has 0 aliphatic heterocycles. The molecule has 0 aliphatic carbocycles. The molecule has 0 aliphatic rings. The highest BCUT2D eigenvalue weighted by atomic mass is 79.9. The van der Waals surface area contributed by atoms with Gasteiger partial charge >= 0.3 is 0 Å². The summed E-state index contributed by atoms with van der Waals surface area (Å²) in [5.74, 6) is -0.139. The largest absolute Gasteiger partial charge is 0.338 e. The van der Waals surface area contributed by atoms with Crippen LogP contribution < -0.4 is 5.32 Å². The van der Waals surface area contributed by atoms with Crippen LogP contribution in [0.15, 0.2) is 53.0 Å². The zero-order valence-electron chi connectivity index (χ0n) is 13.9. The van der Waals surface area contributed by atoms with Crippen molar-refractivity contribution in [3.63, 3.8) is 0 Å². The van der Waals surface area contributed by atoms with Crippen LogP contribution in [0.2, 0.25) is 0 Å². The van der Waals surface area contributed by atoms with Crippen molar-refractivity contribution in [1.82, 2.24) is 4.90 Å². The quantitative estimate of drug-likeness (QED) is 0.808. The van der Waals surface area contributed by atoms with E-state index in [4.69, 9.17) is 0 Å². The Labute approximate surface area is 151 Å². The van der Waals surface area contributed by atoms with E-state index in [2.05, 4.69) is 21.2 Å². The van der Waals surface area contributed by atoms with Gasteiger partial charge in [-0.05, 0) is 36.8 Å². The first-order chi connectivity index (χ1) is 11.4. The Morgan fingerprint density at radius 2 is 1.67 bits per heavy atom. The highest BCUT2D eigenvalue weighted by Crippen LogP contribution is 2.14. The van der Waals surface area contributed by atoms with E-state index in [1.165, 1.54) is 12.5 Å². The zero-order valence-corrected chi connectivity index (χ0v) is 15.5. The second kappa shape index (κ2) is 8.64. The molecule has 1 N–H and O–H groups in total. The Morgan fingerprint density at radius 1 is 1.04 bits per heavy atom. The molecule has 0 aromatic heterocycles. The van der Waals surface area contributed by atoms with Gasteiger partial charge in [0.2, 0.25) is 11.8 Å². The van der Waals surface area contributed by atoms with Crippen LogP contribution in [0.3, 0.4) is 0 Å². The zero-order chi connectivity index (χ0) is 17.5. The molecule has 4 nitrogen and oxygen atoms in total. The van der Waals surface area contributed by atoms with Crippen LogP contribution in [-0.4, -0.2) is 23.3 Å². The van der Waals surface area contributed by atoms with E-state index < -0.39 is 0 Å². The fourth-order valence-corrected chi connectivity index (χ4v) is 2.52. The van der Waals surface area contributed by atoms with Crippen molar-refractivity contribution in [3.8, 4) is 0 Å². The molecule has 24 heavy (non-hydrogen) atoms. The maximum absolute atomic E-state index is 12.1. The fraction of sp³-hybridized carbons (Fsp3) is 0.263. The summed E-state index contributed by atoms with van der Waals surface area (Å²) in [6.45, 7) is 4.46. The van der Waals surface area contributed by atoms with Crippen molar-refractivity contribution in [1.29, 1.82) is 0 Å². The number of anilines is 1. The number of hydrogen-bond acceptors (Lipinski definition) is 2. The van der Waals surface area contributed by atoms with Crippen LogP contribution in [-0.2, 0) is 16.1 Å². The Kier molecular flexibility index (Phi) is 6.55. The lowest BCUT2D eigenvalue weighted by molar-refractivity contribution is -0.129. The van der Waals surface area contributed by atoms with E-state index in [1.807, 2.05) is 55.5 Å². The molecular weight excluding hydrogens is 368 g/mol. The van der Waals surface area contributed by atoms with Crippen LogP contribution >= 0.6 is 15.9 Å². The topological polar surface area (TPSA) is 49.4 Å².